The molecule has 0 aromatic heterocycles. The molecule has 3 nitrogen and oxygen atoms in total. The lowest BCUT2D eigenvalue weighted by molar-refractivity contribution is 0.0792. The van der Waals surface area contributed by atoms with Gasteiger partial charge in [0.25, 0.3) is 5.91 Å². The summed E-state index contributed by atoms with van der Waals surface area (Å²) in [7, 11) is 0. The lowest BCUT2D eigenvalue weighted by Crippen LogP contribution is -2.29. The Kier molecular flexibility index (Phi) is 3.84. The van der Waals surface area contributed by atoms with E-state index in [9.17, 15) is 4.79 Å². The van der Waals surface area contributed by atoms with Crippen molar-refractivity contribution in [2.75, 3.05) is 18.8 Å². The molecule has 0 spiro atoms. The van der Waals surface area contributed by atoms with E-state index in [1.54, 1.807) is 18.2 Å². The van der Waals surface area contributed by atoms with Crippen molar-refractivity contribution in [1.29, 1.82) is 0 Å². The molecule has 1 atom stereocenters. The Labute approximate surface area is 129 Å². The van der Waals surface area contributed by atoms with Gasteiger partial charge in [-0.1, -0.05) is 41.9 Å². The van der Waals surface area contributed by atoms with E-state index >= 15 is 0 Å². The number of likely N-dealkylation sites (tertiary alicyclic amines) is 1. The zero-order chi connectivity index (χ0) is 14.8. The first-order valence-electron chi connectivity index (χ1n) is 7.04. The average Bonchev–Trinajstić information content (AvgIpc) is 2.97. The quantitative estimate of drug-likeness (QED) is 0.862. The lowest BCUT2D eigenvalue weighted by Gasteiger charge is -2.18. The molecule has 4 heteroatoms. The van der Waals surface area contributed by atoms with Crippen LogP contribution in [0.4, 0.5) is 5.69 Å². The molecule has 1 saturated heterocycles. The normalized spacial score (nSPS) is 18.0. The number of benzene rings is 2. The van der Waals surface area contributed by atoms with Gasteiger partial charge in [-0.3, -0.25) is 4.79 Å². The predicted octanol–water partition coefficient (Wildman–Crippen LogP) is 3.55. The minimum Gasteiger partial charge on any atom is -0.398 e. The van der Waals surface area contributed by atoms with Gasteiger partial charge in [0.15, 0.2) is 0 Å². The zero-order valence-corrected chi connectivity index (χ0v) is 12.4. The summed E-state index contributed by atoms with van der Waals surface area (Å²) in [6, 6.07) is 15.4. The fourth-order valence-electron chi connectivity index (χ4n) is 2.84. The number of nitrogens with zero attached hydrogens (tertiary/aromatic N) is 1. The van der Waals surface area contributed by atoms with Gasteiger partial charge in [-0.15, -0.1) is 0 Å². The zero-order valence-electron chi connectivity index (χ0n) is 11.6. The van der Waals surface area contributed by atoms with Crippen LogP contribution < -0.4 is 5.73 Å². The summed E-state index contributed by atoms with van der Waals surface area (Å²) in [6.45, 7) is 1.51. The van der Waals surface area contributed by atoms with E-state index in [4.69, 9.17) is 17.3 Å². The second-order valence-electron chi connectivity index (χ2n) is 5.38. The summed E-state index contributed by atoms with van der Waals surface area (Å²) in [4.78, 5) is 14.4. The van der Waals surface area contributed by atoms with E-state index in [0.29, 0.717) is 22.2 Å². The predicted molar refractivity (Wildman–Crippen MR) is 85.6 cm³/mol. The topological polar surface area (TPSA) is 46.3 Å². The molecule has 2 aromatic rings. The summed E-state index contributed by atoms with van der Waals surface area (Å²) >= 11 is 5.88. The van der Waals surface area contributed by atoms with Crippen LogP contribution in [-0.2, 0) is 0 Å². The van der Waals surface area contributed by atoms with Crippen LogP contribution in [0.1, 0.15) is 28.3 Å². The van der Waals surface area contributed by atoms with E-state index in [1.807, 2.05) is 23.1 Å². The van der Waals surface area contributed by atoms with Crippen molar-refractivity contribution in [2.45, 2.75) is 12.3 Å². The summed E-state index contributed by atoms with van der Waals surface area (Å²) in [5.74, 6) is 0.395. The number of hydrogen-bond acceptors (Lipinski definition) is 2. The summed E-state index contributed by atoms with van der Waals surface area (Å²) in [6.07, 6.45) is 0.989. The minimum absolute atomic E-state index is 0.0115. The highest BCUT2D eigenvalue weighted by molar-refractivity contribution is 6.31. The Morgan fingerprint density at radius 3 is 2.67 bits per heavy atom. The maximum Gasteiger partial charge on any atom is 0.255 e. The maximum atomic E-state index is 12.6. The van der Waals surface area contributed by atoms with Gasteiger partial charge in [-0.25, -0.2) is 0 Å². The van der Waals surface area contributed by atoms with Crippen molar-refractivity contribution in [3.8, 4) is 0 Å². The molecule has 0 bridgehead atoms. The number of hydrogen-bond donors (Lipinski definition) is 1. The number of amides is 1. The molecule has 21 heavy (non-hydrogen) atoms. The Morgan fingerprint density at radius 1 is 1.19 bits per heavy atom. The third-order valence-electron chi connectivity index (χ3n) is 3.99. The standard InChI is InChI=1S/C17H17ClN2O/c18-14-6-7-15(16(19)10-14)17(21)20-9-8-13(11-20)12-4-2-1-3-5-12/h1-7,10,13H,8-9,11,19H2. The van der Waals surface area contributed by atoms with Crippen molar-refractivity contribution in [1.82, 2.24) is 4.90 Å². The minimum atomic E-state index is -0.0115. The van der Waals surface area contributed by atoms with Gasteiger partial charge in [0.05, 0.1) is 5.56 Å². The first-order chi connectivity index (χ1) is 10.1. The summed E-state index contributed by atoms with van der Waals surface area (Å²) in [5, 5.41) is 0.549. The molecule has 1 fully saturated rings. The Hall–Kier alpha value is -2.00. The second-order valence-corrected chi connectivity index (χ2v) is 5.82. The molecular formula is C17H17ClN2O. The average molecular weight is 301 g/mol. The molecule has 0 saturated carbocycles. The van der Waals surface area contributed by atoms with E-state index in [1.165, 1.54) is 5.56 Å². The molecule has 2 aromatic carbocycles. The van der Waals surface area contributed by atoms with Crippen LogP contribution in [-0.4, -0.2) is 23.9 Å². The highest BCUT2D eigenvalue weighted by atomic mass is 35.5. The van der Waals surface area contributed by atoms with E-state index < -0.39 is 0 Å². The first kappa shape index (κ1) is 14.0. The van der Waals surface area contributed by atoms with Gasteiger partial charge in [-0.2, -0.15) is 0 Å². The second kappa shape index (κ2) is 5.78. The maximum absolute atomic E-state index is 12.6. The highest BCUT2D eigenvalue weighted by Crippen LogP contribution is 2.29. The van der Waals surface area contributed by atoms with Crippen LogP contribution in [0.5, 0.6) is 0 Å². The molecule has 2 N–H and O–H groups in total. The van der Waals surface area contributed by atoms with Crippen LogP contribution in [0.15, 0.2) is 48.5 Å². The molecule has 1 heterocycles. The fourth-order valence-corrected chi connectivity index (χ4v) is 3.02. The van der Waals surface area contributed by atoms with Gasteiger partial charge >= 0.3 is 0 Å². The number of halogens is 1. The molecular weight excluding hydrogens is 284 g/mol. The van der Waals surface area contributed by atoms with E-state index in [2.05, 4.69) is 12.1 Å². The molecule has 1 unspecified atom stereocenters. The third-order valence-corrected chi connectivity index (χ3v) is 4.23. The SMILES string of the molecule is Nc1cc(Cl)ccc1C(=O)N1CCC(c2ccccc2)C1. The van der Waals surface area contributed by atoms with Gasteiger partial charge in [0.1, 0.15) is 0 Å². The van der Waals surface area contributed by atoms with E-state index in [0.717, 1.165) is 19.5 Å². The van der Waals surface area contributed by atoms with Gasteiger partial charge in [-0.05, 0) is 30.2 Å². The third kappa shape index (κ3) is 2.88. The van der Waals surface area contributed by atoms with Gasteiger partial charge in [0, 0.05) is 29.7 Å². The largest absolute Gasteiger partial charge is 0.398 e. The molecule has 1 aliphatic rings. The highest BCUT2D eigenvalue weighted by Gasteiger charge is 2.28. The molecule has 0 radical (unpaired) electrons. The lowest BCUT2D eigenvalue weighted by atomic mass is 9.99. The number of rotatable bonds is 2. The van der Waals surface area contributed by atoms with Crippen LogP contribution >= 0.6 is 11.6 Å². The molecule has 108 valence electrons. The van der Waals surface area contributed by atoms with E-state index in [-0.39, 0.29) is 5.91 Å². The smallest absolute Gasteiger partial charge is 0.255 e. The van der Waals surface area contributed by atoms with Crippen molar-refractivity contribution < 1.29 is 4.79 Å². The number of carbonyl (C=O) groups excluding carboxylic acids is 1. The van der Waals surface area contributed by atoms with Crippen LogP contribution in [0.2, 0.25) is 5.02 Å². The van der Waals surface area contributed by atoms with Crippen molar-refractivity contribution >= 4 is 23.2 Å². The number of anilines is 1. The van der Waals surface area contributed by atoms with Crippen molar-refractivity contribution in [3.63, 3.8) is 0 Å². The number of nitrogen functional groups attached to an aromatic ring is 1. The summed E-state index contributed by atoms with van der Waals surface area (Å²) in [5.41, 5.74) is 8.17. The fraction of sp³-hybridized carbons (Fsp3) is 0.235. The number of nitrogens with two attached hydrogens (primary N) is 1. The van der Waals surface area contributed by atoms with Crippen LogP contribution in [0, 0.1) is 0 Å². The van der Waals surface area contributed by atoms with Crippen LogP contribution in [0.3, 0.4) is 0 Å². The molecule has 1 amide bonds. The van der Waals surface area contributed by atoms with Crippen molar-refractivity contribution in [2.24, 2.45) is 0 Å². The molecule has 0 aliphatic carbocycles. The van der Waals surface area contributed by atoms with Gasteiger partial charge < -0.3 is 10.6 Å². The first-order valence-corrected chi connectivity index (χ1v) is 7.42. The number of carbonyl (C=O) groups is 1. The Bertz CT molecular complexity index is 657. The van der Waals surface area contributed by atoms with Crippen molar-refractivity contribution in [3.05, 3.63) is 64.7 Å². The monoisotopic (exact) mass is 300 g/mol. The summed E-state index contributed by atoms with van der Waals surface area (Å²) < 4.78 is 0. The Balaban J connectivity index is 1.75. The molecule has 3 rings (SSSR count). The van der Waals surface area contributed by atoms with Crippen LogP contribution in [0.25, 0.3) is 0 Å². The van der Waals surface area contributed by atoms with Gasteiger partial charge in [0.2, 0.25) is 0 Å². The Morgan fingerprint density at radius 2 is 1.95 bits per heavy atom. The molecule has 1 aliphatic heterocycles.